The van der Waals surface area contributed by atoms with Gasteiger partial charge in [-0.3, -0.25) is 9.59 Å². The van der Waals surface area contributed by atoms with E-state index in [9.17, 15) is 29.7 Å². The Hall–Kier alpha value is -2.40. The Bertz CT molecular complexity index is 835. The standard InChI is InChI=1S/C22H32N2O8.ClH/c1-4-23-14(10-17(26)27)19(28)20(29)21(30)24-13(8-11(2)3)16-9-12-6-5-7-15(25)18(12)22(31)32-16;/h5-7,11,13-14,16,19-20,23,25,28-29H,4,8-10H2,1-3H3,(H,24,30)(H,26,27);1H/t13-,14-,16-,19-,20-;/m0./s1. The zero-order valence-corrected chi connectivity index (χ0v) is 19.7. The molecule has 186 valence electrons. The summed E-state index contributed by atoms with van der Waals surface area (Å²) >= 11 is 0. The van der Waals surface area contributed by atoms with E-state index < -0.39 is 54.7 Å². The lowest BCUT2D eigenvalue weighted by Gasteiger charge is -2.34. The predicted octanol–water partition coefficient (Wildman–Crippen LogP) is 0.601. The van der Waals surface area contributed by atoms with Crippen molar-refractivity contribution in [2.75, 3.05) is 6.54 Å². The number of carbonyl (C=O) groups is 3. The van der Waals surface area contributed by atoms with Gasteiger partial charge in [-0.2, -0.15) is 0 Å². The number of carbonyl (C=O) groups excluding carboxylic acids is 2. The molecule has 1 aromatic carbocycles. The number of phenols is 1. The Morgan fingerprint density at radius 2 is 1.91 bits per heavy atom. The number of hydrogen-bond donors (Lipinski definition) is 6. The summed E-state index contributed by atoms with van der Waals surface area (Å²) in [6.07, 6.45) is -4.08. The second-order valence-electron chi connectivity index (χ2n) is 8.40. The van der Waals surface area contributed by atoms with E-state index in [2.05, 4.69) is 10.6 Å². The second kappa shape index (κ2) is 12.7. The number of likely N-dealkylation sites (N-methyl/N-ethyl adjacent to an activating group) is 1. The van der Waals surface area contributed by atoms with Crippen molar-refractivity contribution >= 4 is 30.3 Å². The summed E-state index contributed by atoms with van der Waals surface area (Å²) in [6, 6.07) is 3.01. The summed E-state index contributed by atoms with van der Waals surface area (Å²) in [5.41, 5.74) is 0.680. The maximum absolute atomic E-state index is 12.7. The molecule has 6 N–H and O–H groups in total. The minimum atomic E-state index is -1.89. The minimum Gasteiger partial charge on any atom is -0.507 e. The van der Waals surface area contributed by atoms with Crippen LogP contribution in [-0.4, -0.2) is 75.2 Å². The highest BCUT2D eigenvalue weighted by molar-refractivity contribution is 5.95. The fraction of sp³-hybridized carbons (Fsp3) is 0.591. The number of carboxylic acids is 1. The van der Waals surface area contributed by atoms with E-state index in [0.29, 0.717) is 18.5 Å². The first-order valence-electron chi connectivity index (χ1n) is 10.7. The molecule has 33 heavy (non-hydrogen) atoms. The van der Waals surface area contributed by atoms with Gasteiger partial charge in [-0.05, 0) is 30.5 Å². The number of cyclic esters (lactones) is 1. The van der Waals surface area contributed by atoms with Gasteiger partial charge in [0.15, 0.2) is 6.10 Å². The van der Waals surface area contributed by atoms with Crippen LogP contribution < -0.4 is 10.6 Å². The molecule has 11 heteroatoms. The molecule has 10 nitrogen and oxygen atoms in total. The van der Waals surface area contributed by atoms with Gasteiger partial charge in [0.2, 0.25) is 0 Å². The Kier molecular flexibility index (Phi) is 11.1. The number of aliphatic hydroxyl groups is 2. The number of halogens is 1. The predicted molar refractivity (Wildman–Crippen MR) is 121 cm³/mol. The quantitative estimate of drug-likeness (QED) is 0.244. The summed E-state index contributed by atoms with van der Waals surface area (Å²) in [5, 5.41) is 45.2. The number of esters is 1. The highest BCUT2D eigenvalue weighted by Crippen LogP contribution is 2.30. The maximum Gasteiger partial charge on any atom is 0.342 e. The van der Waals surface area contributed by atoms with E-state index in [4.69, 9.17) is 9.84 Å². The summed E-state index contributed by atoms with van der Waals surface area (Å²) in [7, 11) is 0. The van der Waals surface area contributed by atoms with Crippen molar-refractivity contribution in [2.24, 2.45) is 5.92 Å². The molecule has 1 heterocycles. The number of amides is 1. The van der Waals surface area contributed by atoms with Crippen LogP contribution in [0.3, 0.4) is 0 Å². The lowest BCUT2D eigenvalue weighted by molar-refractivity contribution is -0.143. The van der Waals surface area contributed by atoms with Crippen LogP contribution in [0.5, 0.6) is 5.75 Å². The second-order valence-corrected chi connectivity index (χ2v) is 8.40. The number of benzene rings is 1. The molecule has 0 bridgehead atoms. The number of phenolic OH excluding ortho intramolecular Hbond substituents is 1. The number of aliphatic carboxylic acids is 1. The zero-order chi connectivity index (χ0) is 24.0. The van der Waals surface area contributed by atoms with Gasteiger partial charge < -0.3 is 35.8 Å². The molecular formula is C22H33ClN2O8. The first-order chi connectivity index (χ1) is 15.0. The van der Waals surface area contributed by atoms with Gasteiger partial charge in [-0.15, -0.1) is 12.4 Å². The molecule has 0 aromatic heterocycles. The lowest BCUT2D eigenvalue weighted by atomic mass is 9.90. The molecule has 0 spiro atoms. The number of nitrogens with one attached hydrogen (secondary N) is 2. The molecule has 0 saturated heterocycles. The summed E-state index contributed by atoms with van der Waals surface area (Å²) < 4.78 is 5.49. The molecule has 2 rings (SSSR count). The van der Waals surface area contributed by atoms with Crippen LogP contribution in [0.1, 0.15) is 49.5 Å². The molecule has 1 aliphatic rings. The number of hydrogen-bond acceptors (Lipinski definition) is 8. The molecule has 0 aliphatic carbocycles. The number of fused-ring (bicyclic) bond motifs is 1. The molecule has 1 amide bonds. The van der Waals surface area contributed by atoms with Gasteiger partial charge in [0.25, 0.3) is 5.91 Å². The van der Waals surface area contributed by atoms with Gasteiger partial charge in [-0.1, -0.05) is 32.9 Å². The van der Waals surface area contributed by atoms with E-state index >= 15 is 0 Å². The number of aromatic hydroxyl groups is 1. The Labute approximate surface area is 198 Å². The van der Waals surface area contributed by atoms with Gasteiger partial charge in [0.05, 0.1) is 12.5 Å². The average molecular weight is 489 g/mol. The van der Waals surface area contributed by atoms with E-state index in [1.54, 1.807) is 19.1 Å². The first-order valence-corrected chi connectivity index (χ1v) is 10.7. The van der Waals surface area contributed by atoms with E-state index in [1.165, 1.54) is 6.07 Å². The third-order valence-corrected chi connectivity index (χ3v) is 5.38. The fourth-order valence-corrected chi connectivity index (χ4v) is 3.89. The van der Waals surface area contributed by atoms with E-state index in [0.717, 1.165) is 0 Å². The number of aliphatic hydroxyl groups excluding tert-OH is 2. The van der Waals surface area contributed by atoms with Crippen molar-refractivity contribution < 1.29 is 39.5 Å². The van der Waals surface area contributed by atoms with Crippen molar-refractivity contribution in [1.82, 2.24) is 10.6 Å². The van der Waals surface area contributed by atoms with Crippen LogP contribution in [0, 0.1) is 5.92 Å². The van der Waals surface area contributed by atoms with Crippen molar-refractivity contribution in [3.63, 3.8) is 0 Å². The van der Waals surface area contributed by atoms with Crippen LogP contribution in [0.2, 0.25) is 0 Å². The van der Waals surface area contributed by atoms with Gasteiger partial charge >= 0.3 is 11.9 Å². The van der Waals surface area contributed by atoms with Crippen LogP contribution in [0.4, 0.5) is 0 Å². The molecule has 1 aliphatic heterocycles. The van der Waals surface area contributed by atoms with Crippen molar-refractivity contribution in [3.8, 4) is 5.75 Å². The zero-order valence-electron chi connectivity index (χ0n) is 18.9. The molecule has 0 fully saturated rings. The first kappa shape index (κ1) is 28.6. The van der Waals surface area contributed by atoms with E-state index in [-0.39, 0.29) is 36.1 Å². The minimum absolute atomic E-state index is 0. The van der Waals surface area contributed by atoms with Crippen LogP contribution in [0.25, 0.3) is 0 Å². The summed E-state index contributed by atoms with van der Waals surface area (Å²) in [6.45, 7) is 5.88. The smallest absolute Gasteiger partial charge is 0.342 e. The van der Waals surface area contributed by atoms with Crippen LogP contribution in [-0.2, 0) is 20.7 Å². The topological polar surface area (TPSA) is 165 Å². The van der Waals surface area contributed by atoms with Crippen molar-refractivity contribution in [1.29, 1.82) is 0 Å². The van der Waals surface area contributed by atoms with Crippen LogP contribution in [0.15, 0.2) is 18.2 Å². The van der Waals surface area contributed by atoms with Gasteiger partial charge in [0.1, 0.15) is 23.5 Å². The third kappa shape index (κ3) is 7.56. The molecule has 5 atom stereocenters. The Balaban J connectivity index is 0.00000544. The molecular weight excluding hydrogens is 456 g/mol. The molecule has 0 unspecified atom stereocenters. The van der Waals surface area contributed by atoms with E-state index in [1.807, 2.05) is 13.8 Å². The Morgan fingerprint density at radius 3 is 2.48 bits per heavy atom. The largest absolute Gasteiger partial charge is 0.507 e. The summed E-state index contributed by atoms with van der Waals surface area (Å²) in [5.74, 6) is -2.85. The molecule has 1 aromatic rings. The van der Waals surface area contributed by atoms with Crippen molar-refractivity contribution in [2.45, 2.75) is 70.4 Å². The Morgan fingerprint density at radius 1 is 1.24 bits per heavy atom. The van der Waals surface area contributed by atoms with Crippen LogP contribution >= 0.6 is 12.4 Å². The summed E-state index contributed by atoms with van der Waals surface area (Å²) in [4.78, 5) is 36.2. The SMILES string of the molecule is CCN[C@@H](CC(=O)O)[C@H](O)[C@H](O)C(=O)N[C@@H](CC(C)C)[C@@H]1Cc2cccc(O)c2C(=O)O1.Cl. The molecule has 0 radical (unpaired) electrons. The number of rotatable bonds is 11. The van der Waals surface area contributed by atoms with Crippen molar-refractivity contribution in [3.05, 3.63) is 29.3 Å². The lowest BCUT2D eigenvalue weighted by Crippen LogP contribution is -2.56. The molecule has 0 saturated carbocycles. The number of ether oxygens (including phenoxy) is 1. The highest BCUT2D eigenvalue weighted by Gasteiger charge is 2.38. The maximum atomic E-state index is 12.7. The fourth-order valence-electron chi connectivity index (χ4n) is 3.89. The third-order valence-electron chi connectivity index (χ3n) is 5.38. The highest BCUT2D eigenvalue weighted by atomic mass is 35.5. The monoisotopic (exact) mass is 488 g/mol. The number of carboxylic acid groups (broad SMARTS) is 1. The van der Waals surface area contributed by atoms with Gasteiger partial charge in [-0.25, -0.2) is 4.79 Å². The average Bonchev–Trinajstić information content (AvgIpc) is 2.70. The normalized spacial score (nSPS) is 18.8. The van der Waals surface area contributed by atoms with Gasteiger partial charge in [0, 0.05) is 12.5 Å².